The molecule has 0 unspecified atom stereocenters. The highest BCUT2D eigenvalue weighted by Crippen LogP contribution is 2.11. The Morgan fingerprint density at radius 2 is 2.00 bits per heavy atom. The highest BCUT2D eigenvalue weighted by molar-refractivity contribution is 5.41. The summed E-state index contributed by atoms with van der Waals surface area (Å²) in [5, 5.41) is 17.7. The van der Waals surface area contributed by atoms with Gasteiger partial charge < -0.3 is 0 Å². The lowest BCUT2D eigenvalue weighted by Gasteiger charge is -2.01. The minimum Gasteiger partial charge on any atom is -0.273 e. The number of pyridine rings is 1. The Bertz CT molecular complexity index is 595. The molecule has 5 heteroatoms. The van der Waals surface area contributed by atoms with E-state index in [1.165, 1.54) is 10.9 Å². The Balaban J connectivity index is 2.58. The van der Waals surface area contributed by atoms with Crippen LogP contribution in [0.5, 0.6) is 0 Å². The molecule has 2 aromatic heterocycles. The summed E-state index contributed by atoms with van der Waals surface area (Å²) in [5.74, 6) is 0.580. The largest absolute Gasteiger partial charge is 0.273 e. The van der Waals surface area contributed by atoms with Crippen LogP contribution < -0.4 is 0 Å². The first-order valence-corrected chi connectivity index (χ1v) is 4.57. The predicted molar refractivity (Wildman–Crippen MR) is 55.5 cm³/mol. The summed E-state index contributed by atoms with van der Waals surface area (Å²) in [5.41, 5.74) is 1.35. The number of hydrogen-bond acceptors (Lipinski definition) is 4. The van der Waals surface area contributed by atoms with E-state index in [1.54, 1.807) is 12.3 Å². The van der Waals surface area contributed by atoms with Crippen molar-refractivity contribution in [2.75, 3.05) is 0 Å². The maximum atomic E-state index is 8.95. The monoisotopic (exact) mass is 209 g/mol. The van der Waals surface area contributed by atoms with Crippen molar-refractivity contribution in [1.29, 1.82) is 10.5 Å². The first-order chi connectivity index (χ1) is 7.76. The summed E-state index contributed by atoms with van der Waals surface area (Å²) in [4.78, 5) is 8.01. The molecule has 2 heterocycles. The molecule has 76 valence electrons. The SMILES string of the molecule is Cc1ccc(-n2cnc(C#N)c2C#N)nc1. The zero-order chi connectivity index (χ0) is 11.5. The van der Waals surface area contributed by atoms with Gasteiger partial charge in [0.05, 0.1) is 0 Å². The van der Waals surface area contributed by atoms with Gasteiger partial charge in [-0.25, -0.2) is 9.97 Å². The smallest absolute Gasteiger partial charge is 0.177 e. The van der Waals surface area contributed by atoms with E-state index in [-0.39, 0.29) is 11.4 Å². The molecule has 0 saturated carbocycles. The second-order valence-electron chi connectivity index (χ2n) is 3.23. The van der Waals surface area contributed by atoms with E-state index in [2.05, 4.69) is 9.97 Å². The number of nitriles is 2. The summed E-state index contributed by atoms with van der Waals surface area (Å²) < 4.78 is 1.50. The van der Waals surface area contributed by atoms with Crippen molar-refractivity contribution in [2.24, 2.45) is 0 Å². The average molecular weight is 209 g/mol. The Hall–Kier alpha value is -2.66. The molecule has 0 aromatic carbocycles. The number of nitrogens with zero attached hydrogens (tertiary/aromatic N) is 5. The van der Waals surface area contributed by atoms with Crippen molar-refractivity contribution >= 4 is 0 Å². The van der Waals surface area contributed by atoms with Crippen LogP contribution in [0.15, 0.2) is 24.7 Å². The van der Waals surface area contributed by atoms with E-state index >= 15 is 0 Å². The Labute approximate surface area is 92.2 Å². The minimum atomic E-state index is 0.116. The van der Waals surface area contributed by atoms with Crippen LogP contribution in [-0.2, 0) is 0 Å². The van der Waals surface area contributed by atoms with Crippen LogP contribution in [0, 0.1) is 29.6 Å². The highest BCUT2D eigenvalue weighted by Gasteiger charge is 2.11. The maximum Gasteiger partial charge on any atom is 0.177 e. The van der Waals surface area contributed by atoms with Crippen molar-refractivity contribution < 1.29 is 0 Å². The van der Waals surface area contributed by atoms with E-state index in [4.69, 9.17) is 10.5 Å². The number of imidazole rings is 1. The van der Waals surface area contributed by atoms with Crippen molar-refractivity contribution in [1.82, 2.24) is 14.5 Å². The zero-order valence-electron chi connectivity index (χ0n) is 8.55. The lowest BCUT2D eigenvalue weighted by molar-refractivity contribution is 0.972. The third-order valence-corrected chi connectivity index (χ3v) is 2.12. The van der Waals surface area contributed by atoms with Gasteiger partial charge in [-0.15, -0.1) is 0 Å². The molecule has 0 radical (unpaired) electrons. The van der Waals surface area contributed by atoms with E-state index in [0.29, 0.717) is 5.82 Å². The normalized spacial score (nSPS) is 9.44. The van der Waals surface area contributed by atoms with Crippen LogP contribution >= 0.6 is 0 Å². The fourth-order valence-corrected chi connectivity index (χ4v) is 1.31. The molecule has 0 N–H and O–H groups in total. The number of rotatable bonds is 1. The summed E-state index contributed by atoms with van der Waals surface area (Å²) in [6, 6.07) is 7.47. The quantitative estimate of drug-likeness (QED) is 0.709. The Morgan fingerprint density at radius 3 is 2.56 bits per heavy atom. The van der Waals surface area contributed by atoms with Crippen LogP contribution in [0.4, 0.5) is 0 Å². The summed E-state index contributed by atoms with van der Waals surface area (Å²) in [6.07, 6.45) is 3.12. The first kappa shape index (κ1) is 9.88. The molecule has 0 aliphatic rings. The van der Waals surface area contributed by atoms with E-state index < -0.39 is 0 Å². The molecule has 0 spiro atoms. The molecule has 0 amide bonds. The third kappa shape index (κ3) is 1.51. The van der Waals surface area contributed by atoms with Crippen LogP contribution in [-0.4, -0.2) is 14.5 Å². The Kier molecular flexibility index (Phi) is 2.37. The molecule has 5 nitrogen and oxygen atoms in total. The van der Waals surface area contributed by atoms with Crippen molar-refractivity contribution in [3.05, 3.63) is 41.6 Å². The van der Waals surface area contributed by atoms with Gasteiger partial charge in [-0.1, -0.05) is 6.07 Å². The molecule has 0 bridgehead atoms. The van der Waals surface area contributed by atoms with Gasteiger partial charge in [-0.3, -0.25) is 4.57 Å². The lowest BCUT2D eigenvalue weighted by Crippen LogP contribution is -1.99. The molecular weight excluding hydrogens is 202 g/mol. The minimum absolute atomic E-state index is 0.116. The second-order valence-corrected chi connectivity index (χ2v) is 3.23. The molecular formula is C11H7N5. The standard InChI is InChI=1S/C11H7N5/c1-8-2-3-11(14-6-8)16-7-15-9(4-12)10(16)5-13/h2-3,6-7H,1H3. The fraction of sp³-hybridized carbons (Fsp3) is 0.0909. The molecule has 2 rings (SSSR count). The van der Waals surface area contributed by atoms with Gasteiger partial charge in [0.25, 0.3) is 0 Å². The second kappa shape index (κ2) is 3.84. The number of aryl methyl sites for hydroxylation is 1. The summed E-state index contributed by atoms with van der Waals surface area (Å²) >= 11 is 0. The Morgan fingerprint density at radius 1 is 1.19 bits per heavy atom. The van der Waals surface area contributed by atoms with Crippen LogP contribution in [0.25, 0.3) is 5.82 Å². The maximum absolute atomic E-state index is 8.95. The number of hydrogen-bond donors (Lipinski definition) is 0. The molecule has 0 atom stereocenters. The summed E-state index contributed by atoms with van der Waals surface area (Å²) in [6.45, 7) is 1.93. The number of aromatic nitrogens is 3. The molecule has 0 fully saturated rings. The van der Waals surface area contributed by atoms with Gasteiger partial charge >= 0.3 is 0 Å². The van der Waals surface area contributed by atoms with E-state index in [9.17, 15) is 0 Å². The molecule has 0 aliphatic heterocycles. The van der Waals surface area contributed by atoms with Crippen LogP contribution in [0.2, 0.25) is 0 Å². The molecule has 0 aliphatic carbocycles. The van der Waals surface area contributed by atoms with Gasteiger partial charge in [-0.2, -0.15) is 10.5 Å². The van der Waals surface area contributed by atoms with Crippen molar-refractivity contribution in [2.45, 2.75) is 6.92 Å². The van der Waals surface area contributed by atoms with E-state index in [0.717, 1.165) is 5.56 Å². The van der Waals surface area contributed by atoms with Gasteiger partial charge in [0.2, 0.25) is 0 Å². The van der Waals surface area contributed by atoms with Crippen molar-refractivity contribution in [3.8, 4) is 18.0 Å². The van der Waals surface area contributed by atoms with Crippen LogP contribution in [0.3, 0.4) is 0 Å². The molecule has 0 saturated heterocycles. The highest BCUT2D eigenvalue weighted by atomic mass is 15.1. The van der Waals surface area contributed by atoms with Gasteiger partial charge in [0, 0.05) is 6.20 Å². The third-order valence-electron chi connectivity index (χ3n) is 2.12. The van der Waals surface area contributed by atoms with Gasteiger partial charge in [0.1, 0.15) is 24.3 Å². The molecule has 2 aromatic rings. The van der Waals surface area contributed by atoms with Gasteiger partial charge in [-0.05, 0) is 18.6 Å². The van der Waals surface area contributed by atoms with E-state index in [1.807, 2.05) is 25.1 Å². The zero-order valence-corrected chi connectivity index (χ0v) is 8.55. The first-order valence-electron chi connectivity index (χ1n) is 4.57. The van der Waals surface area contributed by atoms with Gasteiger partial charge in [0.15, 0.2) is 11.4 Å². The predicted octanol–water partition coefficient (Wildman–Crippen LogP) is 1.32. The fourth-order valence-electron chi connectivity index (χ4n) is 1.31. The average Bonchev–Trinajstić information content (AvgIpc) is 2.72. The van der Waals surface area contributed by atoms with Crippen LogP contribution in [0.1, 0.15) is 17.0 Å². The topological polar surface area (TPSA) is 78.3 Å². The van der Waals surface area contributed by atoms with Crippen molar-refractivity contribution in [3.63, 3.8) is 0 Å². The lowest BCUT2D eigenvalue weighted by atomic mass is 10.3. The summed E-state index contributed by atoms with van der Waals surface area (Å²) in [7, 11) is 0. The molecule has 16 heavy (non-hydrogen) atoms.